The van der Waals surface area contributed by atoms with Crippen LogP contribution < -0.4 is 5.32 Å². The van der Waals surface area contributed by atoms with Gasteiger partial charge in [0.15, 0.2) is 0 Å². The molecule has 1 atom stereocenters. The summed E-state index contributed by atoms with van der Waals surface area (Å²) in [6.07, 6.45) is 0.219. The highest BCUT2D eigenvalue weighted by atomic mass is 16.5. The SMILES string of the molecule is C[C@H]1CN(CC(=O)NCC(C)(C)N2CCOCC2)CCO1. The van der Waals surface area contributed by atoms with Gasteiger partial charge in [-0.2, -0.15) is 0 Å². The number of carbonyl (C=O) groups is 1. The van der Waals surface area contributed by atoms with Crippen molar-refractivity contribution in [2.45, 2.75) is 32.4 Å². The van der Waals surface area contributed by atoms with Crippen LogP contribution in [0.1, 0.15) is 20.8 Å². The van der Waals surface area contributed by atoms with Crippen LogP contribution in [0.4, 0.5) is 0 Å². The number of nitrogens with one attached hydrogen (secondary N) is 1. The topological polar surface area (TPSA) is 54.0 Å². The monoisotopic (exact) mass is 299 g/mol. The fourth-order valence-corrected chi connectivity index (χ4v) is 2.89. The molecule has 1 N–H and O–H groups in total. The lowest BCUT2D eigenvalue weighted by molar-refractivity contribution is -0.124. The van der Waals surface area contributed by atoms with E-state index < -0.39 is 0 Å². The largest absolute Gasteiger partial charge is 0.379 e. The van der Waals surface area contributed by atoms with Crippen LogP contribution >= 0.6 is 0 Å². The highest BCUT2D eigenvalue weighted by Gasteiger charge is 2.29. The van der Waals surface area contributed by atoms with Crippen LogP contribution in [0.25, 0.3) is 0 Å². The van der Waals surface area contributed by atoms with Gasteiger partial charge in [0.2, 0.25) is 5.91 Å². The van der Waals surface area contributed by atoms with Crippen molar-refractivity contribution in [1.29, 1.82) is 0 Å². The first-order valence-electron chi connectivity index (χ1n) is 7.91. The molecule has 0 radical (unpaired) electrons. The molecule has 0 aromatic heterocycles. The Morgan fingerprint density at radius 1 is 1.24 bits per heavy atom. The molecule has 1 amide bonds. The molecule has 21 heavy (non-hydrogen) atoms. The van der Waals surface area contributed by atoms with E-state index in [-0.39, 0.29) is 17.6 Å². The molecular formula is C15H29N3O3. The molecular weight excluding hydrogens is 270 g/mol. The van der Waals surface area contributed by atoms with Crippen molar-refractivity contribution in [2.75, 3.05) is 59.1 Å². The Labute approximate surface area is 127 Å². The maximum Gasteiger partial charge on any atom is 0.234 e. The molecule has 0 unspecified atom stereocenters. The number of rotatable bonds is 5. The number of hydrogen-bond donors (Lipinski definition) is 1. The lowest BCUT2D eigenvalue weighted by Crippen LogP contribution is -2.56. The molecule has 6 nitrogen and oxygen atoms in total. The van der Waals surface area contributed by atoms with E-state index in [2.05, 4.69) is 29.0 Å². The Balaban J connectivity index is 1.72. The number of nitrogens with zero attached hydrogens (tertiary/aromatic N) is 2. The lowest BCUT2D eigenvalue weighted by atomic mass is 10.0. The van der Waals surface area contributed by atoms with Gasteiger partial charge < -0.3 is 14.8 Å². The molecule has 0 aromatic carbocycles. The van der Waals surface area contributed by atoms with Gasteiger partial charge >= 0.3 is 0 Å². The van der Waals surface area contributed by atoms with Crippen molar-refractivity contribution in [2.24, 2.45) is 0 Å². The number of morpholine rings is 2. The second kappa shape index (κ2) is 7.54. The summed E-state index contributed by atoms with van der Waals surface area (Å²) in [5.74, 6) is 0.102. The molecule has 2 rings (SSSR count). The third kappa shape index (κ3) is 5.21. The van der Waals surface area contributed by atoms with Crippen molar-refractivity contribution in [3.8, 4) is 0 Å². The number of carbonyl (C=O) groups excluding carboxylic acids is 1. The van der Waals surface area contributed by atoms with Crippen LogP contribution in [0.2, 0.25) is 0 Å². The lowest BCUT2D eigenvalue weighted by Gasteiger charge is -2.41. The minimum atomic E-state index is -0.0300. The molecule has 0 aromatic rings. The average molecular weight is 299 g/mol. The third-order valence-corrected chi connectivity index (χ3v) is 4.28. The maximum absolute atomic E-state index is 12.1. The van der Waals surface area contributed by atoms with Crippen LogP contribution in [0.5, 0.6) is 0 Å². The van der Waals surface area contributed by atoms with Crippen molar-refractivity contribution >= 4 is 5.91 Å². The van der Waals surface area contributed by atoms with E-state index >= 15 is 0 Å². The van der Waals surface area contributed by atoms with Crippen LogP contribution in [0.3, 0.4) is 0 Å². The predicted molar refractivity (Wildman–Crippen MR) is 81.3 cm³/mol. The van der Waals surface area contributed by atoms with E-state index in [0.29, 0.717) is 19.7 Å². The van der Waals surface area contributed by atoms with Gasteiger partial charge in [-0.05, 0) is 20.8 Å². The van der Waals surface area contributed by atoms with Crippen molar-refractivity contribution in [3.05, 3.63) is 0 Å². The molecule has 122 valence electrons. The summed E-state index contributed by atoms with van der Waals surface area (Å²) < 4.78 is 10.9. The van der Waals surface area contributed by atoms with Gasteiger partial charge in [-0.3, -0.25) is 14.6 Å². The first kappa shape index (κ1) is 16.7. The van der Waals surface area contributed by atoms with Crippen molar-refractivity contribution in [1.82, 2.24) is 15.1 Å². The van der Waals surface area contributed by atoms with E-state index in [9.17, 15) is 4.79 Å². The van der Waals surface area contributed by atoms with Gasteiger partial charge in [-0.1, -0.05) is 0 Å². The Hall–Kier alpha value is -0.690. The van der Waals surface area contributed by atoms with Crippen LogP contribution in [-0.2, 0) is 14.3 Å². The summed E-state index contributed by atoms with van der Waals surface area (Å²) in [5.41, 5.74) is -0.0300. The van der Waals surface area contributed by atoms with Gasteiger partial charge in [0.1, 0.15) is 0 Å². The average Bonchev–Trinajstić information content (AvgIpc) is 2.46. The van der Waals surface area contributed by atoms with Crippen molar-refractivity contribution < 1.29 is 14.3 Å². The molecule has 6 heteroatoms. The highest BCUT2D eigenvalue weighted by molar-refractivity contribution is 5.78. The molecule has 2 heterocycles. The summed E-state index contributed by atoms with van der Waals surface area (Å²) in [5, 5.41) is 3.08. The smallest absolute Gasteiger partial charge is 0.234 e. The minimum Gasteiger partial charge on any atom is -0.379 e. The summed E-state index contributed by atoms with van der Waals surface area (Å²) >= 11 is 0. The molecule has 2 fully saturated rings. The summed E-state index contributed by atoms with van der Waals surface area (Å²) in [4.78, 5) is 16.7. The second-order valence-corrected chi connectivity index (χ2v) is 6.61. The minimum absolute atomic E-state index is 0.0300. The zero-order valence-corrected chi connectivity index (χ0v) is 13.6. The Morgan fingerprint density at radius 2 is 1.95 bits per heavy atom. The Bertz CT molecular complexity index is 343. The molecule has 0 saturated carbocycles. The molecule has 0 bridgehead atoms. The van der Waals surface area contributed by atoms with E-state index in [1.165, 1.54) is 0 Å². The Morgan fingerprint density at radius 3 is 2.62 bits per heavy atom. The maximum atomic E-state index is 12.1. The zero-order valence-electron chi connectivity index (χ0n) is 13.6. The van der Waals surface area contributed by atoms with Gasteiger partial charge in [-0.25, -0.2) is 0 Å². The van der Waals surface area contributed by atoms with Crippen molar-refractivity contribution in [3.63, 3.8) is 0 Å². The van der Waals surface area contributed by atoms with Gasteiger partial charge in [-0.15, -0.1) is 0 Å². The fraction of sp³-hybridized carbons (Fsp3) is 0.933. The van der Waals surface area contributed by atoms with E-state index in [4.69, 9.17) is 9.47 Å². The fourth-order valence-electron chi connectivity index (χ4n) is 2.89. The highest BCUT2D eigenvalue weighted by Crippen LogP contribution is 2.15. The van der Waals surface area contributed by atoms with Crippen LogP contribution in [0, 0.1) is 0 Å². The van der Waals surface area contributed by atoms with E-state index in [1.807, 2.05) is 6.92 Å². The molecule has 0 aliphatic carbocycles. The van der Waals surface area contributed by atoms with Crippen LogP contribution in [0.15, 0.2) is 0 Å². The van der Waals surface area contributed by atoms with Gasteiger partial charge in [0.05, 0.1) is 32.5 Å². The third-order valence-electron chi connectivity index (χ3n) is 4.28. The summed E-state index contributed by atoms with van der Waals surface area (Å²) in [6, 6.07) is 0. The Kier molecular flexibility index (Phi) is 5.98. The normalized spacial score (nSPS) is 25.8. The van der Waals surface area contributed by atoms with Crippen LogP contribution in [-0.4, -0.2) is 86.4 Å². The first-order chi connectivity index (χ1) is 9.97. The molecule has 0 spiro atoms. The number of amides is 1. The quantitative estimate of drug-likeness (QED) is 0.770. The second-order valence-electron chi connectivity index (χ2n) is 6.61. The van der Waals surface area contributed by atoms with E-state index in [1.54, 1.807) is 0 Å². The van der Waals surface area contributed by atoms with E-state index in [0.717, 1.165) is 39.4 Å². The predicted octanol–water partition coefficient (Wildman–Crippen LogP) is -0.0659. The first-order valence-corrected chi connectivity index (χ1v) is 7.91. The number of ether oxygens (including phenoxy) is 2. The number of hydrogen-bond acceptors (Lipinski definition) is 5. The molecule has 2 aliphatic rings. The standard InChI is InChI=1S/C15H29N3O3/c1-13-10-17(4-9-21-13)11-14(19)16-12-15(2,3)18-5-7-20-8-6-18/h13H,4-12H2,1-3H3,(H,16,19)/t13-/m0/s1. The summed E-state index contributed by atoms with van der Waals surface area (Å²) in [6.45, 7) is 13.4. The van der Waals surface area contributed by atoms with Gasteiger partial charge in [0, 0.05) is 38.3 Å². The molecule has 2 aliphatic heterocycles. The summed E-state index contributed by atoms with van der Waals surface area (Å²) in [7, 11) is 0. The molecule has 2 saturated heterocycles. The zero-order chi connectivity index (χ0) is 15.3. The van der Waals surface area contributed by atoms with Gasteiger partial charge in [0.25, 0.3) is 0 Å².